The first-order chi connectivity index (χ1) is 7.97. The van der Waals surface area contributed by atoms with Gasteiger partial charge in [-0.15, -0.1) is 0 Å². The maximum Gasteiger partial charge on any atom is 0.265 e. The fourth-order valence-electron chi connectivity index (χ4n) is 1.86. The van der Waals surface area contributed by atoms with Crippen LogP contribution in [0.15, 0.2) is 16.1 Å². The highest BCUT2D eigenvalue weighted by Gasteiger charge is 2.21. The topological polar surface area (TPSA) is 52.7 Å². The Kier molecular flexibility index (Phi) is 2.13. The molecule has 0 atom stereocenters. The Hall–Kier alpha value is -1.30. The number of aromatic nitrogens is 4. The van der Waals surface area contributed by atoms with E-state index in [0.29, 0.717) is 11.0 Å². The van der Waals surface area contributed by atoms with Crippen LogP contribution in [0.3, 0.4) is 0 Å². The van der Waals surface area contributed by atoms with Crippen LogP contribution in [0, 0.1) is 0 Å². The van der Waals surface area contributed by atoms with Gasteiger partial charge in [0.05, 0.1) is 5.54 Å². The van der Waals surface area contributed by atoms with Crippen LogP contribution in [0.5, 0.6) is 0 Å². The van der Waals surface area contributed by atoms with Gasteiger partial charge in [0.25, 0.3) is 5.56 Å². The van der Waals surface area contributed by atoms with Crippen molar-refractivity contribution < 1.29 is 0 Å². The summed E-state index contributed by atoms with van der Waals surface area (Å²) < 4.78 is 3.55. The lowest BCUT2D eigenvalue weighted by molar-refractivity contribution is 0.358. The second kappa shape index (κ2) is 3.35. The van der Waals surface area contributed by atoms with Gasteiger partial charge in [-0.1, -0.05) is 11.8 Å². The Balaban J connectivity index is 2.32. The zero-order chi connectivity index (χ0) is 12.2. The second-order valence-electron chi connectivity index (χ2n) is 5.18. The Labute approximate surface area is 103 Å². The third-order valence-corrected chi connectivity index (χ3v) is 3.79. The van der Waals surface area contributed by atoms with E-state index in [1.165, 1.54) is 0 Å². The predicted octanol–water partition coefficient (Wildman–Crippen LogP) is 1.45. The van der Waals surface area contributed by atoms with Gasteiger partial charge in [0, 0.05) is 18.5 Å². The highest BCUT2D eigenvalue weighted by atomic mass is 32.2. The van der Waals surface area contributed by atoms with Gasteiger partial charge in [-0.2, -0.15) is 5.10 Å². The zero-order valence-electron chi connectivity index (χ0n) is 10.1. The van der Waals surface area contributed by atoms with Crippen molar-refractivity contribution in [2.24, 2.45) is 0 Å². The minimum Gasteiger partial charge on any atom is -0.286 e. The van der Waals surface area contributed by atoms with Gasteiger partial charge in [-0.25, -0.2) is 4.98 Å². The third kappa shape index (κ3) is 1.58. The smallest absolute Gasteiger partial charge is 0.265 e. The summed E-state index contributed by atoms with van der Waals surface area (Å²) in [6.07, 6.45) is 1.81. The molecule has 90 valence electrons. The van der Waals surface area contributed by atoms with E-state index in [1.807, 2.05) is 4.68 Å². The molecule has 0 saturated heterocycles. The lowest BCUT2D eigenvalue weighted by Crippen LogP contribution is -2.22. The number of hydrogen-bond donors (Lipinski definition) is 0. The second-order valence-corrected chi connectivity index (χ2v) is 6.24. The average molecular weight is 250 g/mol. The summed E-state index contributed by atoms with van der Waals surface area (Å²) in [6.45, 7) is 6.92. The van der Waals surface area contributed by atoms with Crippen LogP contribution in [0.4, 0.5) is 0 Å². The van der Waals surface area contributed by atoms with E-state index in [1.54, 1.807) is 22.5 Å². The molecule has 0 fully saturated rings. The summed E-state index contributed by atoms with van der Waals surface area (Å²) in [6, 6.07) is 0. The molecule has 6 heteroatoms. The molecule has 0 spiro atoms. The van der Waals surface area contributed by atoms with Crippen molar-refractivity contribution in [1.29, 1.82) is 0 Å². The molecule has 2 aromatic heterocycles. The standard InChI is InChI=1S/C11H14N4OS/c1-11(2,3)15-6-7-8(13-15)12-10-14(9(7)16)4-5-17-10/h6H,4-5H2,1-3H3. The molecule has 0 aliphatic carbocycles. The maximum absolute atomic E-state index is 12.2. The lowest BCUT2D eigenvalue weighted by Gasteiger charge is -2.18. The molecule has 2 aromatic rings. The van der Waals surface area contributed by atoms with Crippen molar-refractivity contribution in [3.63, 3.8) is 0 Å². The van der Waals surface area contributed by atoms with Crippen LogP contribution in [0.1, 0.15) is 20.8 Å². The van der Waals surface area contributed by atoms with E-state index < -0.39 is 0 Å². The van der Waals surface area contributed by atoms with Crippen LogP contribution in [0.2, 0.25) is 0 Å². The van der Waals surface area contributed by atoms with Gasteiger partial charge in [-0.3, -0.25) is 14.0 Å². The molecule has 17 heavy (non-hydrogen) atoms. The van der Waals surface area contributed by atoms with Crippen molar-refractivity contribution in [1.82, 2.24) is 19.3 Å². The van der Waals surface area contributed by atoms with Crippen molar-refractivity contribution in [3.8, 4) is 0 Å². The Morgan fingerprint density at radius 1 is 1.41 bits per heavy atom. The number of rotatable bonds is 0. The van der Waals surface area contributed by atoms with E-state index in [0.717, 1.165) is 17.5 Å². The third-order valence-electron chi connectivity index (χ3n) is 2.84. The maximum atomic E-state index is 12.2. The molecule has 0 saturated carbocycles. The van der Waals surface area contributed by atoms with E-state index in [2.05, 4.69) is 30.9 Å². The molecule has 3 rings (SSSR count). The van der Waals surface area contributed by atoms with Crippen LogP contribution < -0.4 is 5.56 Å². The lowest BCUT2D eigenvalue weighted by atomic mass is 10.1. The Morgan fingerprint density at radius 2 is 2.18 bits per heavy atom. The van der Waals surface area contributed by atoms with Gasteiger partial charge in [0.2, 0.25) is 0 Å². The number of hydrogen-bond acceptors (Lipinski definition) is 4. The van der Waals surface area contributed by atoms with Crippen molar-refractivity contribution in [2.45, 2.75) is 38.0 Å². The molecule has 1 aliphatic heterocycles. The molecule has 0 amide bonds. The number of fused-ring (bicyclic) bond motifs is 2. The molecular formula is C11H14N4OS. The summed E-state index contributed by atoms with van der Waals surface area (Å²) >= 11 is 1.62. The quantitative estimate of drug-likeness (QED) is 0.664. The normalized spacial score (nSPS) is 15.5. The molecule has 0 radical (unpaired) electrons. The molecule has 0 aromatic carbocycles. The molecular weight excluding hydrogens is 236 g/mol. The molecule has 0 N–H and O–H groups in total. The molecule has 5 nitrogen and oxygen atoms in total. The van der Waals surface area contributed by atoms with Crippen molar-refractivity contribution >= 4 is 22.8 Å². The molecule has 3 heterocycles. The average Bonchev–Trinajstić information content (AvgIpc) is 2.82. The summed E-state index contributed by atoms with van der Waals surface area (Å²) in [7, 11) is 0. The first-order valence-corrected chi connectivity index (χ1v) is 6.59. The van der Waals surface area contributed by atoms with Crippen LogP contribution in [0.25, 0.3) is 11.0 Å². The van der Waals surface area contributed by atoms with Crippen molar-refractivity contribution in [2.75, 3.05) is 5.75 Å². The summed E-state index contributed by atoms with van der Waals surface area (Å²) in [5.74, 6) is 0.925. The van der Waals surface area contributed by atoms with E-state index >= 15 is 0 Å². The Morgan fingerprint density at radius 3 is 2.88 bits per heavy atom. The highest BCUT2D eigenvalue weighted by Crippen LogP contribution is 2.23. The fourth-order valence-corrected chi connectivity index (χ4v) is 2.80. The highest BCUT2D eigenvalue weighted by molar-refractivity contribution is 7.99. The molecule has 1 aliphatic rings. The van der Waals surface area contributed by atoms with Gasteiger partial charge in [0.1, 0.15) is 5.39 Å². The summed E-state index contributed by atoms with van der Waals surface area (Å²) in [5, 5.41) is 5.81. The Bertz CT molecular complexity index is 650. The SMILES string of the molecule is CC(C)(C)n1cc2c(=O)n3c(nc2n1)SCC3. The zero-order valence-corrected chi connectivity index (χ0v) is 10.9. The van der Waals surface area contributed by atoms with Gasteiger partial charge in [0.15, 0.2) is 10.8 Å². The molecule has 0 unspecified atom stereocenters. The minimum atomic E-state index is -0.130. The van der Waals surface area contributed by atoms with Gasteiger partial charge in [-0.05, 0) is 20.8 Å². The largest absolute Gasteiger partial charge is 0.286 e. The van der Waals surface area contributed by atoms with Gasteiger partial charge >= 0.3 is 0 Å². The minimum absolute atomic E-state index is 0.0329. The van der Waals surface area contributed by atoms with E-state index in [4.69, 9.17) is 0 Å². The fraction of sp³-hybridized carbons (Fsp3) is 0.545. The number of nitrogens with zero attached hydrogens (tertiary/aromatic N) is 4. The van der Waals surface area contributed by atoms with Crippen LogP contribution in [-0.2, 0) is 12.1 Å². The van der Waals surface area contributed by atoms with Crippen LogP contribution in [-0.4, -0.2) is 25.1 Å². The predicted molar refractivity (Wildman–Crippen MR) is 67.5 cm³/mol. The van der Waals surface area contributed by atoms with E-state index in [9.17, 15) is 4.79 Å². The van der Waals surface area contributed by atoms with Crippen LogP contribution >= 0.6 is 11.8 Å². The summed E-state index contributed by atoms with van der Waals surface area (Å²) in [5.41, 5.74) is 0.464. The van der Waals surface area contributed by atoms with E-state index in [-0.39, 0.29) is 11.1 Å². The first-order valence-electron chi connectivity index (χ1n) is 5.60. The molecule has 0 bridgehead atoms. The van der Waals surface area contributed by atoms with Gasteiger partial charge < -0.3 is 0 Å². The first kappa shape index (κ1) is 10.8. The van der Waals surface area contributed by atoms with Crippen molar-refractivity contribution in [3.05, 3.63) is 16.6 Å². The summed E-state index contributed by atoms with van der Waals surface area (Å²) in [4.78, 5) is 16.7. The monoisotopic (exact) mass is 250 g/mol. The number of thioether (sulfide) groups is 1.